The molecule has 6 heteroatoms. The zero-order valence-electron chi connectivity index (χ0n) is 6.06. The van der Waals surface area contributed by atoms with E-state index in [0.29, 0.717) is 12.1 Å². The molecular weight excluding hydrogens is 207 g/mol. The summed E-state index contributed by atoms with van der Waals surface area (Å²) in [6.07, 6.45) is 0. The molecule has 1 N–H and O–H groups in total. The van der Waals surface area contributed by atoms with Crippen molar-refractivity contribution in [1.29, 1.82) is 0 Å². The van der Waals surface area contributed by atoms with E-state index in [2.05, 4.69) is 5.16 Å². The Labute approximate surface area is 76.2 Å². The molecule has 0 fully saturated rings. The lowest BCUT2D eigenvalue weighted by Crippen LogP contribution is -2.03. The molecule has 2 nitrogen and oxygen atoms in total. The van der Waals surface area contributed by atoms with Gasteiger partial charge in [0.15, 0.2) is 16.8 Å². The van der Waals surface area contributed by atoms with Crippen LogP contribution in [-0.4, -0.2) is 10.4 Å². The van der Waals surface area contributed by atoms with Crippen LogP contribution in [0, 0.1) is 17.5 Å². The van der Waals surface area contributed by atoms with Crippen LogP contribution in [0.1, 0.15) is 5.56 Å². The van der Waals surface area contributed by atoms with Gasteiger partial charge in [0.05, 0.1) is 5.56 Å². The van der Waals surface area contributed by atoms with Crippen molar-refractivity contribution < 1.29 is 18.4 Å². The first-order chi connectivity index (χ1) is 6.07. The van der Waals surface area contributed by atoms with Crippen LogP contribution in [0.3, 0.4) is 0 Å². The summed E-state index contributed by atoms with van der Waals surface area (Å²) in [6.45, 7) is 0. The second-order valence-corrected chi connectivity index (χ2v) is 2.47. The Hall–Kier alpha value is -1.23. The van der Waals surface area contributed by atoms with E-state index in [0.717, 1.165) is 0 Å². The first kappa shape index (κ1) is 9.85. The van der Waals surface area contributed by atoms with Crippen molar-refractivity contribution in [1.82, 2.24) is 0 Å². The second-order valence-electron chi connectivity index (χ2n) is 2.11. The van der Waals surface area contributed by atoms with Gasteiger partial charge in [0, 0.05) is 0 Å². The average Bonchev–Trinajstić information content (AvgIpc) is 2.12. The molecule has 0 spiro atoms. The molecule has 0 radical (unpaired) electrons. The number of hydrogen-bond acceptors (Lipinski definition) is 2. The summed E-state index contributed by atoms with van der Waals surface area (Å²) < 4.78 is 38.1. The van der Waals surface area contributed by atoms with E-state index in [4.69, 9.17) is 16.8 Å². The van der Waals surface area contributed by atoms with Gasteiger partial charge in [-0.25, -0.2) is 13.2 Å². The number of oxime groups is 1. The Balaban J connectivity index is 3.42. The van der Waals surface area contributed by atoms with Crippen LogP contribution in [-0.2, 0) is 0 Å². The molecule has 1 rings (SSSR count). The minimum atomic E-state index is -1.48. The molecule has 0 saturated carbocycles. The van der Waals surface area contributed by atoms with Crippen LogP contribution in [0.25, 0.3) is 0 Å². The molecular formula is C7H3ClF3NO. The van der Waals surface area contributed by atoms with Crippen molar-refractivity contribution >= 4 is 16.8 Å². The molecule has 1 aromatic carbocycles. The monoisotopic (exact) mass is 209 g/mol. The molecule has 70 valence electrons. The third-order valence-electron chi connectivity index (χ3n) is 1.34. The summed E-state index contributed by atoms with van der Waals surface area (Å²) in [5.41, 5.74) is -0.885. The Morgan fingerprint density at radius 2 is 1.77 bits per heavy atom. The zero-order chi connectivity index (χ0) is 10.0. The van der Waals surface area contributed by atoms with Gasteiger partial charge in [0.1, 0.15) is 5.82 Å². The Kier molecular flexibility index (Phi) is 2.77. The van der Waals surface area contributed by atoms with Gasteiger partial charge in [0.25, 0.3) is 0 Å². The standard InChI is InChI=1S/C7H3ClF3NO/c8-7(12-13)5-3(9)1-2-4(10)6(5)11/h1-2,13H/b12-7-. The number of halogens is 4. The fourth-order valence-corrected chi connectivity index (χ4v) is 0.939. The van der Waals surface area contributed by atoms with Crippen LogP contribution >= 0.6 is 11.6 Å². The van der Waals surface area contributed by atoms with E-state index in [1.165, 1.54) is 0 Å². The molecule has 1 aromatic rings. The maximum Gasteiger partial charge on any atom is 0.181 e. The zero-order valence-corrected chi connectivity index (χ0v) is 6.82. The highest BCUT2D eigenvalue weighted by atomic mass is 35.5. The first-order valence-electron chi connectivity index (χ1n) is 3.09. The van der Waals surface area contributed by atoms with E-state index in [-0.39, 0.29) is 0 Å². The van der Waals surface area contributed by atoms with Gasteiger partial charge < -0.3 is 5.21 Å². The minimum Gasteiger partial charge on any atom is -0.410 e. The normalized spacial score (nSPS) is 11.8. The van der Waals surface area contributed by atoms with Crippen molar-refractivity contribution in [3.63, 3.8) is 0 Å². The Morgan fingerprint density at radius 1 is 1.23 bits per heavy atom. The fourth-order valence-electron chi connectivity index (χ4n) is 0.766. The van der Waals surface area contributed by atoms with Crippen LogP contribution in [0.4, 0.5) is 13.2 Å². The smallest absolute Gasteiger partial charge is 0.181 e. The molecule has 0 heterocycles. The van der Waals surface area contributed by atoms with Gasteiger partial charge in [0.2, 0.25) is 0 Å². The highest BCUT2D eigenvalue weighted by Gasteiger charge is 2.17. The third-order valence-corrected chi connectivity index (χ3v) is 1.60. The lowest BCUT2D eigenvalue weighted by Gasteiger charge is -2.01. The third kappa shape index (κ3) is 1.75. The molecule has 0 saturated heterocycles. The van der Waals surface area contributed by atoms with Crippen molar-refractivity contribution in [2.24, 2.45) is 5.16 Å². The fraction of sp³-hybridized carbons (Fsp3) is 0. The molecule has 0 aliphatic rings. The predicted molar refractivity (Wildman–Crippen MR) is 40.5 cm³/mol. The summed E-state index contributed by atoms with van der Waals surface area (Å²) >= 11 is 5.13. The number of rotatable bonds is 1. The van der Waals surface area contributed by atoms with Crippen molar-refractivity contribution in [3.05, 3.63) is 35.1 Å². The largest absolute Gasteiger partial charge is 0.410 e. The molecule has 0 bridgehead atoms. The Morgan fingerprint density at radius 3 is 2.31 bits per heavy atom. The lowest BCUT2D eigenvalue weighted by atomic mass is 10.2. The highest BCUT2D eigenvalue weighted by Crippen LogP contribution is 2.18. The second kappa shape index (κ2) is 3.66. The van der Waals surface area contributed by atoms with Gasteiger partial charge in [-0.05, 0) is 12.1 Å². The van der Waals surface area contributed by atoms with E-state index in [1.807, 2.05) is 0 Å². The highest BCUT2D eigenvalue weighted by molar-refractivity contribution is 6.69. The molecule has 0 amide bonds. The van der Waals surface area contributed by atoms with Gasteiger partial charge >= 0.3 is 0 Å². The van der Waals surface area contributed by atoms with E-state index in [1.54, 1.807) is 0 Å². The van der Waals surface area contributed by atoms with Crippen molar-refractivity contribution in [2.75, 3.05) is 0 Å². The molecule has 0 unspecified atom stereocenters. The van der Waals surface area contributed by atoms with E-state index in [9.17, 15) is 13.2 Å². The first-order valence-corrected chi connectivity index (χ1v) is 3.47. The van der Waals surface area contributed by atoms with Gasteiger partial charge in [-0.2, -0.15) is 0 Å². The van der Waals surface area contributed by atoms with Crippen LogP contribution in [0.15, 0.2) is 17.3 Å². The van der Waals surface area contributed by atoms with E-state index < -0.39 is 28.2 Å². The molecule has 13 heavy (non-hydrogen) atoms. The van der Waals surface area contributed by atoms with Crippen LogP contribution < -0.4 is 0 Å². The van der Waals surface area contributed by atoms with Gasteiger partial charge in [-0.1, -0.05) is 16.8 Å². The van der Waals surface area contributed by atoms with Crippen LogP contribution in [0.2, 0.25) is 0 Å². The summed E-state index contributed by atoms with van der Waals surface area (Å²) in [7, 11) is 0. The number of nitrogens with zero attached hydrogens (tertiary/aromatic N) is 1. The molecule has 0 aromatic heterocycles. The molecule has 0 atom stereocenters. The molecule has 0 aliphatic heterocycles. The Bertz CT molecular complexity index is 367. The molecule has 0 aliphatic carbocycles. The maximum absolute atomic E-state index is 12.8. The van der Waals surface area contributed by atoms with Crippen LogP contribution in [0.5, 0.6) is 0 Å². The number of hydrogen-bond donors (Lipinski definition) is 1. The van der Waals surface area contributed by atoms with Gasteiger partial charge in [-0.3, -0.25) is 0 Å². The number of benzene rings is 1. The summed E-state index contributed by atoms with van der Waals surface area (Å²) in [5, 5.41) is 9.65. The average molecular weight is 210 g/mol. The topological polar surface area (TPSA) is 32.6 Å². The van der Waals surface area contributed by atoms with Crippen molar-refractivity contribution in [2.45, 2.75) is 0 Å². The quantitative estimate of drug-likeness (QED) is 0.328. The van der Waals surface area contributed by atoms with Crippen molar-refractivity contribution in [3.8, 4) is 0 Å². The lowest BCUT2D eigenvalue weighted by molar-refractivity contribution is 0.320. The minimum absolute atomic E-state index is 0.607. The predicted octanol–water partition coefficient (Wildman–Crippen LogP) is 2.48. The maximum atomic E-state index is 12.8. The van der Waals surface area contributed by atoms with E-state index >= 15 is 0 Å². The summed E-state index contributed by atoms with van der Waals surface area (Å²) in [6, 6.07) is 1.29. The SMILES string of the molecule is O/N=C(\Cl)c1c(F)ccc(F)c1F. The summed E-state index contributed by atoms with van der Waals surface area (Å²) in [4.78, 5) is 0. The summed E-state index contributed by atoms with van der Waals surface area (Å²) in [5.74, 6) is -3.84. The van der Waals surface area contributed by atoms with Gasteiger partial charge in [-0.15, -0.1) is 0 Å².